The van der Waals surface area contributed by atoms with Gasteiger partial charge in [-0.25, -0.2) is 4.79 Å². The molecule has 2 rings (SSSR count). The summed E-state index contributed by atoms with van der Waals surface area (Å²) in [6, 6.07) is 7.09. The first-order valence-corrected chi connectivity index (χ1v) is 7.32. The molecule has 0 unspecified atom stereocenters. The van der Waals surface area contributed by atoms with Crippen molar-refractivity contribution < 1.29 is 14.6 Å². The number of esters is 1. The molecule has 0 aliphatic heterocycles. The maximum absolute atomic E-state index is 11.9. The molecule has 0 spiro atoms. The largest absolute Gasteiger partial charge is 0.507 e. The van der Waals surface area contributed by atoms with E-state index in [0.717, 1.165) is 4.88 Å². The summed E-state index contributed by atoms with van der Waals surface area (Å²) in [5.74, 6) is -0.189. The van der Waals surface area contributed by atoms with E-state index in [1.165, 1.54) is 11.3 Å². The van der Waals surface area contributed by atoms with E-state index in [-0.39, 0.29) is 11.7 Å². The Morgan fingerprint density at radius 1 is 1.50 bits per heavy atom. The average molecular weight is 374 g/mol. The highest BCUT2D eigenvalue weighted by atomic mass is 127. The van der Waals surface area contributed by atoms with Crippen LogP contribution in [0.25, 0.3) is 10.4 Å². The summed E-state index contributed by atoms with van der Waals surface area (Å²) in [6.45, 7) is 2.11. The van der Waals surface area contributed by atoms with Crippen molar-refractivity contribution in [3.63, 3.8) is 0 Å². The summed E-state index contributed by atoms with van der Waals surface area (Å²) in [6.07, 6.45) is 0. The number of ether oxygens (including phenoxy) is 1. The molecule has 1 aromatic carbocycles. The molecule has 94 valence electrons. The average Bonchev–Trinajstić information content (AvgIpc) is 2.86. The molecule has 0 bridgehead atoms. The van der Waals surface area contributed by atoms with Gasteiger partial charge in [-0.3, -0.25) is 0 Å². The highest BCUT2D eigenvalue weighted by Gasteiger charge is 2.17. The van der Waals surface area contributed by atoms with Crippen molar-refractivity contribution >= 4 is 39.9 Å². The molecule has 0 radical (unpaired) electrons. The number of benzene rings is 1. The zero-order valence-electron chi connectivity index (χ0n) is 9.64. The van der Waals surface area contributed by atoms with E-state index in [4.69, 9.17) is 4.74 Å². The topological polar surface area (TPSA) is 46.5 Å². The number of rotatable bonds is 3. The van der Waals surface area contributed by atoms with Crippen LogP contribution in [0.5, 0.6) is 5.75 Å². The SMILES string of the molecule is CCOC(=O)c1cc(I)c(O)cc1-c1cccs1. The van der Waals surface area contributed by atoms with Gasteiger partial charge in [-0.05, 0) is 53.1 Å². The van der Waals surface area contributed by atoms with Gasteiger partial charge in [-0.2, -0.15) is 0 Å². The monoisotopic (exact) mass is 374 g/mol. The summed E-state index contributed by atoms with van der Waals surface area (Å²) in [7, 11) is 0. The predicted molar refractivity (Wildman–Crippen MR) is 80.1 cm³/mol. The lowest BCUT2D eigenvalue weighted by Crippen LogP contribution is -2.06. The van der Waals surface area contributed by atoms with E-state index in [2.05, 4.69) is 0 Å². The van der Waals surface area contributed by atoms with Crippen LogP contribution in [-0.4, -0.2) is 17.7 Å². The van der Waals surface area contributed by atoms with Crippen molar-refractivity contribution in [1.29, 1.82) is 0 Å². The molecular formula is C13H11IO3S. The van der Waals surface area contributed by atoms with Crippen LogP contribution in [0, 0.1) is 3.57 Å². The van der Waals surface area contributed by atoms with Crippen molar-refractivity contribution in [2.45, 2.75) is 6.92 Å². The van der Waals surface area contributed by atoms with Gasteiger partial charge in [0.05, 0.1) is 15.7 Å². The fraction of sp³-hybridized carbons (Fsp3) is 0.154. The normalized spacial score (nSPS) is 10.3. The lowest BCUT2D eigenvalue weighted by atomic mass is 10.1. The first kappa shape index (κ1) is 13.4. The number of carbonyl (C=O) groups is 1. The van der Waals surface area contributed by atoms with Crippen LogP contribution in [0.4, 0.5) is 0 Å². The van der Waals surface area contributed by atoms with Gasteiger partial charge in [0.2, 0.25) is 0 Å². The van der Waals surface area contributed by atoms with Gasteiger partial charge in [0.1, 0.15) is 5.75 Å². The Kier molecular flexibility index (Phi) is 4.23. The van der Waals surface area contributed by atoms with Gasteiger partial charge in [0.25, 0.3) is 0 Å². The number of thiophene rings is 1. The zero-order valence-corrected chi connectivity index (χ0v) is 12.6. The summed E-state index contributed by atoms with van der Waals surface area (Å²) < 4.78 is 5.68. The Morgan fingerprint density at radius 3 is 2.89 bits per heavy atom. The molecule has 0 saturated carbocycles. The van der Waals surface area contributed by atoms with Crippen LogP contribution < -0.4 is 0 Å². The summed E-state index contributed by atoms with van der Waals surface area (Å²) in [5, 5.41) is 11.7. The first-order valence-electron chi connectivity index (χ1n) is 5.37. The quantitative estimate of drug-likeness (QED) is 0.655. The molecule has 0 atom stereocenters. The van der Waals surface area contributed by atoms with E-state index in [9.17, 15) is 9.90 Å². The second-order valence-electron chi connectivity index (χ2n) is 3.55. The number of halogens is 1. The lowest BCUT2D eigenvalue weighted by Gasteiger charge is -2.09. The highest BCUT2D eigenvalue weighted by molar-refractivity contribution is 14.1. The molecule has 0 aliphatic rings. The smallest absolute Gasteiger partial charge is 0.338 e. The minimum absolute atomic E-state index is 0.173. The predicted octanol–water partition coefficient (Wildman–Crippen LogP) is 3.90. The van der Waals surface area contributed by atoms with Gasteiger partial charge in [0.15, 0.2) is 0 Å². The van der Waals surface area contributed by atoms with Crippen molar-refractivity contribution in [3.05, 3.63) is 38.8 Å². The van der Waals surface area contributed by atoms with E-state index in [1.807, 2.05) is 40.1 Å². The van der Waals surface area contributed by atoms with Crippen LogP contribution in [0.2, 0.25) is 0 Å². The molecule has 18 heavy (non-hydrogen) atoms. The zero-order chi connectivity index (χ0) is 13.1. The van der Waals surface area contributed by atoms with E-state index in [0.29, 0.717) is 21.3 Å². The standard InChI is InChI=1S/C13H11IO3S/c1-2-17-13(16)9-6-10(14)11(15)7-8(9)12-4-3-5-18-12/h3-7,15H,2H2,1H3. The minimum Gasteiger partial charge on any atom is -0.507 e. The number of carbonyl (C=O) groups excluding carboxylic acids is 1. The van der Waals surface area contributed by atoms with E-state index in [1.54, 1.807) is 19.1 Å². The number of phenols is 1. The molecule has 1 aromatic heterocycles. The molecule has 1 N–H and O–H groups in total. The molecule has 0 saturated heterocycles. The summed E-state index contributed by atoms with van der Waals surface area (Å²) in [5.41, 5.74) is 1.20. The maximum Gasteiger partial charge on any atom is 0.338 e. The van der Waals surface area contributed by atoms with Crippen LogP contribution in [0.3, 0.4) is 0 Å². The maximum atomic E-state index is 11.9. The van der Waals surface area contributed by atoms with Crippen LogP contribution in [0.1, 0.15) is 17.3 Å². The molecule has 0 fully saturated rings. The number of aromatic hydroxyl groups is 1. The molecule has 3 nitrogen and oxygen atoms in total. The third kappa shape index (κ3) is 2.67. The third-order valence-corrected chi connectivity index (χ3v) is 4.14. The fourth-order valence-corrected chi connectivity index (χ4v) is 2.80. The summed E-state index contributed by atoms with van der Waals surface area (Å²) in [4.78, 5) is 12.9. The Hall–Kier alpha value is -1.08. The Morgan fingerprint density at radius 2 is 2.28 bits per heavy atom. The Bertz CT molecular complexity index is 564. The van der Waals surface area contributed by atoms with Gasteiger partial charge in [-0.15, -0.1) is 11.3 Å². The van der Waals surface area contributed by atoms with E-state index >= 15 is 0 Å². The second-order valence-corrected chi connectivity index (χ2v) is 5.66. The van der Waals surface area contributed by atoms with Gasteiger partial charge in [0, 0.05) is 10.4 Å². The van der Waals surface area contributed by atoms with Gasteiger partial charge in [-0.1, -0.05) is 6.07 Å². The molecule has 0 amide bonds. The molecule has 0 aliphatic carbocycles. The van der Waals surface area contributed by atoms with Crippen molar-refractivity contribution in [2.75, 3.05) is 6.61 Å². The van der Waals surface area contributed by atoms with Crippen molar-refractivity contribution in [3.8, 4) is 16.2 Å². The first-order chi connectivity index (χ1) is 8.63. The molecule has 5 heteroatoms. The molecular weight excluding hydrogens is 363 g/mol. The Labute approximate surface area is 123 Å². The molecule has 1 heterocycles. The number of phenolic OH excluding ortho intramolecular Hbond substituents is 1. The number of hydrogen-bond acceptors (Lipinski definition) is 4. The Balaban J connectivity index is 2.56. The summed E-state index contributed by atoms with van der Waals surface area (Å²) >= 11 is 3.51. The minimum atomic E-state index is -0.362. The highest BCUT2D eigenvalue weighted by Crippen LogP contribution is 2.34. The second kappa shape index (κ2) is 5.71. The van der Waals surface area contributed by atoms with Gasteiger partial charge >= 0.3 is 5.97 Å². The third-order valence-electron chi connectivity index (χ3n) is 2.37. The van der Waals surface area contributed by atoms with Gasteiger partial charge < -0.3 is 9.84 Å². The number of hydrogen-bond donors (Lipinski definition) is 1. The van der Waals surface area contributed by atoms with Crippen molar-refractivity contribution in [1.82, 2.24) is 0 Å². The molecule has 2 aromatic rings. The van der Waals surface area contributed by atoms with Crippen LogP contribution in [0.15, 0.2) is 29.6 Å². The van der Waals surface area contributed by atoms with Crippen LogP contribution >= 0.6 is 33.9 Å². The van der Waals surface area contributed by atoms with Crippen LogP contribution in [-0.2, 0) is 4.74 Å². The van der Waals surface area contributed by atoms with Crippen molar-refractivity contribution in [2.24, 2.45) is 0 Å². The van der Waals surface area contributed by atoms with E-state index < -0.39 is 0 Å². The lowest BCUT2D eigenvalue weighted by molar-refractivity contribution is 0.0527. The fourth-order valence-electron chi connectivity index (χ4n) is 1.58.